The van der Waals surface area contributed by atoms with Crippen LogP contribution in [-0.2, 0) is 0 Å². The molecule has 1 fully saturated rings. The van der Waals surface area contributed by atoms with Crippen LogP contribution in [0.5, 0.6) is 0 Å². The summed E-state index contributed by atoms with van der Waals surface area (Å²) in [5, 5.41) is 0. The summed E-state index contributed by atoms with van der Waals surface area (Å²) in [6, 6.07) is 0.204. The van der Waals surface area contributed by atoms with Gasteiger partial charge in [-0.05, 0) is 18.3 Å². The minimum atomic E-state index is 0.204. The average molecular weight is 139 g/mol. The summed E-state index contributed by atoms with van der Waals surface area (Å²) >= 11 is 0. The summed E-state index contributed by atoms with van der Waals surface area (Å²) in [6.45, 7) is 6.00. The molecule has 0 aliphatic heterocycles. The van der Waals surface area contributed by atoms with E-state index < -0.39 is 0 Å². The van der Waals surface area contributed by atoms with Gasteiger partial charge in [-0.2, -0.15) is 0 Å². The first-order chi connectivity index (χ1) is 4.69. The van der Waals surface area contributed by atoms with Gasteiger partial charge in [0.05, 0.1) is 0 Å². The lowest BCUT2D eigenvalue weighted by Gasteiger charge is -2.28. The molecular formula is C9H17N. The van der Waals surface area contributed by atoms with Gasteiger partial charge < -0.3 is 5.73 Å². The molecule has 0 heterocycles. The highest BCUT2D eigenvalue weighted by atomic mass is 14.7. The molecule has 1 saturated carbocycles. The molecule has 0 spiro atoms. The van der Waals surface area contributed by atoms with E-state index in [0.717, 1.165) is 0 Å². The first kappa shape index (κ1) is 7.80. The van der Waals surface area contributed by atoms with Gasteiger partial charge in [-0.15, -0.1) is 6.58 Å². The van der Waals surface area contributed by atoms with Crippen LogP contribution in [0.3, 0.4) is 0 Å². The monoisotopic (exact) mass is 139 g/mol. The lowest BCUT2D eigenvalue weighted by molar-refractivity contribution is 0.299. The van der Waals surface area contributed by atoms with Gasteiger partial charge in [-0.3, -0.25) is 0 Å². The normalized spacial score (nSPS) is 26.2. The van der Waals surface area contributed by atoms with Gasteiger partial charge in [0.2, 0.25) is 0 Å². The van der Waals surface area contributed by atoms with Crippen molar-refractivity contribution in [3.05, 3.63) is 12.7 Å². The van der Waals surface area contributed by atoms with Crippen LogP contribution in [0.4, 0.5) is 0 Å². The van der Waals surface area contributed by atoms with Crippen molar-refractivity contribution in [2.45, 2.75) is 38.6 Å². The lowest BCUT2D eigenvalue weighted by Crippen LogP contribution is -2.35. The molecule has 0 saturated heterocycles. The summed E-state index contributed by atoms with van der Waals surface area (Å²) in [7, 11) is 0. The number of hydrogen-bond donors (Lipinski definition) is 1. The summed E-state index contributed by atoms with van der Waals surface area (Å²) < 4.78 is 0. The zero-order valence-electron chi connectivity index (χ0n) is 6.77. The molecule has 1 atom stereocenters. The van der Waals surface area contributed by atoms with Gasteiger partial charge in [-0.25, -0.2) is 0 Å². The quantitative estimate of drug-likeness (QED) is 0.582. The van der Waals surface area contributed by atoms with Crippen LogP contribution in [0.25, 0.3) is 0 Å². The molecule has 1 unspecified atom stereocenters. The molecule has 1 rings (SSSR count). The van der Waals surface area contributed by atoms with Gasteiger partial charge in [0, 0.05) is 6.04 Å². The largest absolute Gasteiger partial charge is 0.324 e. The molecule has 1 aliphatic carbocycles. The Kier molecular flexibility index (Phi) is 2.14. The molecule has 0 radical (unpaired) electrons. The Morgan fingerprint density at radius 3 is 2.40 bits per heavy atom. The second-order valence-corrected chi connectivity index (χ2v) is 3.62. The fourth-order valence-electron chi connectivity index (χ4n) is 1.80. The summed E-state index contributed by atoms with van der Waals surface area (Å²) in [5.74, 6) is 0. The Balaban J connectivity index is 2.57. The molecule has 10 heavy (non-hydrogen) atoms. The van der Waals surface area contributed by atoms with Crippen LogP contribution >= 0.6 is 0 Å². The van der Waals surface area contributed by atoms with Crippen molar-refractivity contribution in [2.75, 3.05) is 0 Å². The first-order valence-electron chi connectivity index (χ1n) is 4.07. The maximum Gasteiger partial charge on any atom is 0.0275 e. The zero-order valence-corrected chi connectivity index (χ0v) is 6.77. The van der Waals surface area contributed by atoms with Crippen LogP contribution < -0.4 is 5.73 Å². The van der Waals surface area contributed by atoms with E-state index in [0.29, 0.717) is 5.41 Å². The van der Waals surface area contributed by atoms with E-state index in [4.69, 9.17) is 5.73 Å². The standard InChI is InChI=1S/C9H17N/c1-3-8(10)9(2)6-4-5-7-9/h3,8H,1,4-7,10H2,2H3. The Bertz CT molecular complexity index is 123. The van der Waals surface area contributed by atoms with Crippen molar-refractivity contribution in [3.63, 3.8) is 0 Å². The van der Waals surface area contributed by atoms with E-state index in [2.05, 4.69) is 13.5 Å². The third-order valence-corrected chi connectivity index (χ3v) is 2.80. The van der Waals surface area contributed by atoms with Crippen LogP contribution in [0.1, 0.15) is 32.6 Å². The molecule has 0 aromatic rings. The topological polar surface area (TPSA) is 26.0 Å². The molecule has 1 nitrogen and oxygen atoms in total. The van der Waals surface area contributed by atoms with E-state index in [9.17, 15) is 0 Å². The van der Waals surface area contributed by atoms with Crippen molar-refractivity contribution in [2.24, 2.45) is 11.1 Å². The van der Waals surface area contributed by atoms with E-state index in [1.54, 1.807) is 0 Å². The van der Waals surface area contributed by atoms with E-state index in [1.165, 1.54) is 25.7 Å². The van der Waals surface area contributed by atoms with E-state index in [-0.39, 0.29) is 6.04 Å². The van der Waals surface area contributed by atoms with E-state index in [1.807, 2.05) is 6.08 Å². The molecule has 58 valence electrons. The van der Waals surface area contributed by atoms with Gasteiger partial charge in [0.15, 0.2) is 0 Å². The molecule has 2 N–H and O–H groups in total. The Labute approximate surface area is 63.3 Å². The van der Waals surface area contributed by atoms with Crippen molar-refractivity contribution in [3.8, 4) is 0 Å². The molecule has 0 aromatic carbocycles. The predicted molar refractivity (Wildman–Crippen MR) is 44.7 cm³/mol. The zero-order chi connectivity index (χ0) is 7.61. The molecule has 0 bridgehead atoms. The number of nitrogens with two attached hydrogens (primary N) is 1. The molecule has 0 aromatic heterocycles. The number of rotatable bonds is 2. The minimum Gasteiger partial charge on any atom is -0.324 e. The molecule has 1 heteroatoms. The van der Waals surface area contributed by atoms with Gasteiger partial charge in [0.25, 0.3) is 0 Å². The summed E-state index contributed by atoms with van der Waals surface area (Å²) in [6.07, 6.45) is 7.13. The van der Waals surface area contributed by atoms with Gasteiger partial charge in [-0.1, -0.05) is 25.8 Å². The van der Waals surface area contributed by atoms with Crippen molar-refractivity contribution >= 4 is 0 Å². The average Bonchev–Trinajstić information content (AvgIpc) is 2.36. The molecule has 1 aliphatic rings. The summed E-state index contributed by atoms with van der Waals surface area (Å²) in [5.41, 5.74) is 6.26. The summed E-state index contributed by atoms with van der Waals surface area (Å²) in [4.78, 5) is 0. The van der Waals surface area contributed by atoms with Gasteiger partial charge in [0.1, 0.15) is 0 Å². The smallest absolute Gasteiger partial charge is 0.0275 e. The maximum absolute atomic E-state index is 5.89. The highest BCUT2D eigenvalue weighted by Crippen LogP contribution is 2.39. The van der Waals surface area contributed by atoms with Gasteiger partial charge >= 0.3 is 0 Å². The van der Waals surface area contributed by atoms with Crippen molar-refractivity contribution in [1.82, 2.24) is 0 Å². The predicted octanol–water partition coefficient (Wildman–Crippen LogP) is 2.08. The third-order valence-electron chi connectivity index (χ3n) is 2.80. The minimum absolute atomic E-state index is 0.204. The van der Waals surface area contributed by atoms with Crippen molar-refractivity contribution in [1.29, 1.82) is 0 Å². The van der Waals surface area contributed by atoms with E-state index >= 15 is 0 Å². The van der Waals surface area contributed by atoms with Crippen LogP contribution in [-0.4, -0.2) is 6.04 Å². The molecular weight excluding hydrogens is 122 g/mol. The van der Waals surface area contributed by atoms with Crippen LogP contribution in [0.15, 0.2) is 12.7 Å². The maximum atomic E-state index is 5.89. The number of hydrogen-bond acceptors (Lipinski definition) is 1. The van der Waals surface area contributed by atoms with Crippen LogP contribution in [0, 0.1) is 5.41 Å². The molecule has 0 amide bonds. The Hall–Kier alpha value is -0.300. The third kappa shape index (κ3) is 1.24. The van der Waals surface area contributed by atoms with Crippen molar-refractivity contribution < 1.29 is 0 Å². The Morgan fingerprint density at radius 1 is 1.50 bits per heavy atom. The fourth-order valence-corrected chi connectivity index (χ4v) is 1.80. The Morgan fingerprint density at radius 2 is 2.00 bits per heavy atom. The second kappa shape index (κ2) is 2.75. The van der Waals surface area contributed by atoms with Crippen LogP contribution in [0.2, 0.25) is 0 Å². The highest BCUT2D eigenvalue weighted by Gasteiger charge is 2.32. The first-order valence-corrected chi connectivity index (χ1v) is 4.07. The lowest BCUT2D eigenvalue weighted by atomic mass is 9.81. The fraction of sp³-hybridized carbons (Fsp3) is 0.778. The SMILES string of the molecule is C=CC(N)C1(C)CCCC1. The second-order valence-electron chi connectivity index (χ2n) is 3.62. The highest BCUT2D eigenvalue weighted by molar-refractivity contribution is 4.98.